The Morgan fingerprint density at radius 1 is 1.00 bits per heavy atom. The summed E-state index contributed by atoms with van der Waals surface area (Å²) in [5, 5.41) is 4.67. The van der Waals surface area contributed by atoms with E-state index in [0.29, 0.717) is 16.6 Å². The lowest BCUT2D eigenvalue weighted by molar-refractivity contribution is -0.137. The molecule has 0 unspecified atom stereocenters. The number of nitrogens with zero attached hydrogens (tertiary/aromatic N) is 2. The van der Waals surface area contributed by atoms with Crippen molar-refractivity contribution < 1.29 is 13.2 Å². The summed E-state index contributed by atoms with van der Waals surface area (Å²) in [5.41, 5.74) is 6.08. The zero-order valence-electron chi connectivity index (χ0n) is 10.2. The van der Waals surface area contributed by atoms with E-state index in [1.54, 1.807) is 24.3 Å². The number of hydrogen-bond donors (Lipinski definition) is 1. The molecule has 0 radical (unpaired) electrons. The van der Waals surface area contributed by atoms with E-state index < -0.39 is 11.7 Å². The molecule has 1 heterocycles. The summed E-state index contributed by atoms with van der Waals surface area (Å²) >= 11 is 0. The third-order valence-electron chi connectivity index (χ3n) is 3.08. The van der Waals surface area contributed by atoms with Crippen LogP contribution in [0, 0.1) is 0 Å². The fourth-order valence-electron chi connectivity index (χ4n) is 2.16. The van der Waals surface area contributed by atoms with Crippen molar-refractivity contribution in [3.63, 3.8) is 0 Å². The van der Waals surface area contributed by atoms with Crippen LogP contribution in [0.4, 0.5) is 18.9 Å². The molecule has 0 spiro atoms. The first kappa shape index (κ1) is 12.5. The molecule has 0 amide bonds. The van der Waals surface area contributed by atoms with Crippen molar-refractivity contribution in [2.75, 3.05) is 5.73 Å². The predicted molar refractivity (Wildman–Crippen MR) is 70.5 cm³/mol. The average Bonchev–Trinajstić information content (AvgIpc) is 2.83. The molecule has 3 nitrogen and oxygen atoms in total. The zero-order chi connectivity index (χ0) is 14.3. The van der Waals surface area contributed by atoms with Gasteiger partial charge in [-0.25, -0.2) is 4.68 Å². The molecular formula is C14H10F3N3. The fraction of sp³-hybridized carbons (Fsp3) is 0.0714. The first-order valence-corrected chi connectivity index (χ1v) is 5.87. The van der Waals surface area contributed by atoms with Gasteiger partial charge in [-0.3, -0.25) is 0 Å². The van der Waals surface area contributed by atoms with Crippen LogP contribution < -0.4 is 5.73 Å². The number of rotatable bonds is 1. The number of nitrogen functional groups attached to an aromatic ring is 1. The van der Waals surface area contributed by atoms with E-state index in [-0.39, 0.29) is 5.69 Å². The van der Waals surface area contributed by atoms with E-state index in [1.807, 2.05) is 0 Å². The van der Waals surface area contributed by atoms with Gasteiger partial charge in [-0.2, -0.15) is 18.3 Å². The van der Waals surface area contributed by atoms with E-state index in [1.165, 1.54) is 23.0 Å². The Labute approximate surface area is 112 Å². The van der Waals surface area contributed by atoms with Gasteiger partial charge < -0.3 is 5.73 Å². The van der Waals surface area contributed by atoms with Gasteiger partial charge in [0.2, 0.25) is 0 Å². The first-order valence-electron chi connectivity index (χ1n) is 5.87. The second-order valence-corrected chi connectivity index (χ2v) is 4.35. The van der Waals surface area contributed by atoms with Crippen molar-refractivity contribution >= 4 is 16.6 Å². The Kier molecular flexibility index (Phi) is 2.67. The number of aromatic nitrogens is 2. The van der Waals surface area contributed by atoms with E-state index in [2.05, 4.69) is 5.10 Å². The Balaban J connectivity index is 2.30. The number of para-hydroxylation sites is 1. The fourth-order valence-corrected chi connectivity index (χ4v) is 2.16. The van der Waals surface area contributed by atoms with Crippen LogP contribution in [0.3, 0.4) is 0 Å². The third kappa shape index (κ3) is 1.89. The molecule has 3 aromatic rings. The van der Waals surface area contributed by atoms with Crippen LogP contribution in [0.2, 0.25) is 0 Å². The average molecular weight is 277 g/mol. The lowest BCUT2D eigenvalue weighted by Crippen LogP contribution is -2.11. The number of halogens is 3. The third-order valence-corrected chi connectivity index (χ3v) is 3.08. The SMILES string of the molecule is Nc1cccc2c1cnn2-c1ccccc1C(F)(F)F. The number of anilines is 1. The van der Waals surface area contributed by atoms with Gasteiger partial charge in [-0.05, 0) is 24.3 Å². The highest BCUT2D eigenvalue weighted by atomic mass is 19.4. The van der Waals surface area contributed by atoms with Crippen LogP contribution in [0.25, 0.3) is 16.6 Å². The molecule has 0 saturated heterocycles. The maximum Gasteiger partial charge on any atom is 0.418 e. The molecule has 0 atom stereocenters. The molecule has 20 heavy (non-hydrogen) atoms. The second kappa shape index (κ2) is 4.26. The molecule has 0 saturated carbocycles. The molecule has 6 heteroatoms. The highest BCUT2D eigenvalue weighted by Crippen LogP contribution is 2.34. The van der Waals surface area contributed by atoms with Gasteiger partial charge in [0.25, 0.3) is 0 Å². The van der Waals surface area contributed by atoms with Crippen LogP contribution in [-0.2, 0) is 6.18 Å². The summed E-state index contributed by atoms with van der Waals surface area (Å²) in [6, 6.07) is 10.4. The number of hydrogen-bond acceptors (Lipinski definition) is 2. The Hall–Kier alpha value is -2.50. The van der Waals surface area contributed by atoms with Gasteiger partial charge in [-0.15, -0.1) is 0 Å². The molecule has 0 fully saturated rings. The van der Waals surface area contributed by atoms with E-state index in [9.17, 15) is 13.2 Å². The van der Waals surface area contributed by atoms with Crippen LogP contribution in [0.5, 0.6) is 0 Å². The molecule has 0 aliphatic rings. The number of alkyl halides is 3. The zero-order valence-corrected chi connectivity index (χ0v) is 10.2. The van der Waals surface area contributed by atoms with Gasteiger partial charge in [0.05, 0.1) is 23.0 Å². The summed E-state index contributed by atoms with van der Waals surface area (Å²) in [6.07, 6.45) is -2.97. The predicted octanol–water partition coefficient (Wildman–Crippen LogP) is 3.63. The largest absolute Gasteiger partial charge is 0.418 e. The lowest BCUT2D eigenvalue weighted by atomic mass is 10.1. The summed E-state index contributed by atoms with van der Waals surface area (Å²) in [4.78, 5) is 0. The Morgan fingerprint density at radius 2 is 1.75 bits per heavy atom. The molecule has 0 aliphatic carbocycles. The van der Waals surface area contributed by atoms with Crippen LogP contribution in [-0.4, -0.2) is 9.78 Å². The van der Waals surface area contributed by atoms with Crippen molar-refractivity contribution in [3.05, 3.63) is 54.2 Å². The summed E-state index contributed by atoms with van der Waals surface area (Å²) in [6.45, 7) is 0. The smallest absolute Gasteiger partial charge is 0.398 e. The minimum absolute atomic E-state index is 0.0133. The molecule has 102 valence electrons. The summed E-state index contributed by atoms with van der Waals surface area (Å²) < 4.78 is 40.4. The number of nitrogens with two attached hydrogens (primary N) is 1. The topological polar surface area (TPSA) is 43.8 Å². The highest BCUT2D eigenvalue weighted by Gasteiger charge is 2.34. The van der Waals surface area contributed by atoms with Gasteiger partial charge in [0.15, 0.2) is 0 Å². The first-order chi connectivity index (χ1) is 9.48. The van der Waals surface area contributed by atoms with Crippen molar-refractivity contribution in [3.8, 4) is 5.69 Å². The van der Waals surface area contributed by atoms with E-state index >= 15 is 0 Å². The maximum absolute atomic E-state index is 13.1. The van der Waals surface area contributed by atoms with Crippen LogP contribution in [0.15, 0.2) is 48.7 Å². The van der Waals surface area contributed by atoms with Gasteiger partial charge in [0, 0.05) is 11.1 Å². The van der Waals surface area contributed by atoms with Crippen molar-refractivity contribution in [1.82, 2.24) is 9.78 Å². The molecule has 0 bridgehead atoms. The van der Waals surface area contributed by atoms with Crippen molar-refractivity contribution in [2.45, 2.75) is 6.18 Å². The molecule has 2 N–H and O–H groups in total. The van der Waals surface area contributed by atoms with Gasteiger partial charge >= 0.3 is 6.18 Å². The molecule has 2 aromatic carbocycles. The number of fused-ring (bicyclic) bond motifs is 1. The van der Waals surface area contributed by atoms with Crippen molar-refractivity contribution in [1.29, 1.82) is 0 Å². The Bertz CT molecular complexity index is 775. The lowest BCUT2D eigenvalue weighted by Gasteiger charge is -2.13. The Morgan fingerprint density at radius 3 is 2.50 bits per heavy atom. The monoisotopic (exact) mass is 277 g/mol. The molecule has 3 rings (SSSR count). The highest BCUT2D eigenvalue weighted by molar-refractivity contribution is 5.91. The molecular weight excluding hydrogens is 267 g/mol. The normalized spacial score (nSPS) is 11.9. The maximum atomic E-state index is 13.1. The van der Waals surface area contributed by atoms with Crippen LogP contribution >= 0.6 is 0 Å². The molecule has 0 aliphatic heterocycles. The summed E-state index contributed by atoms with van der Waals surface area (Å²) in [5.74, 6) is 0. The minimum atomic E-state index is -4.44. The second-order valence-electron chi connectivity index (χ2n) is 4.35. The van der Waals surface area contributed by atoms with Crippen molar-refractivity contribution in [2.24, 2.45) is 0 Å². The standard InChI is InChI=1S/C14H10F3N3/c15-14(16,17)10-4-1-2-6-13(10)20-12-7-3-5-11(18)9(12)8-19-20/h1-8H,18H2. The number of benzene rings is 2. The van der Waals surface area contributed by atoms with E-state index in [0.717, 1.165) is 6.07 Å². The van der Waals surface area contributed by atoms with E-state index in [4.69, 9.17) is 5.73 Å². The quantitative estimate of drug-likeness (QED) is 0.690. The van der Waals surface area contributed by atoms with Gasteiger partial charge in [0.1, 0.15) is 0 Å². The van der Waals surface area contributed by atoms with Crippen LogP contribution in [0.1, 0.15) is 5.56 Å². The summed E-state index contributed by atoms with van der Waals surface area (Å²) in [7, 11) is 0. The van der Waals surface area contributed by atoms with Gasteiger partial charge in [-0.1, -0.05) is 18.2 Å². The molecule has 1 aromatic heterocycles. The minimum Gasteiger partial charge on any atom is -0.398 e.